The highest BCUT2D eigenvalue weighted by molar-refractivity contribution is 8.15. The number of anilines is 1. The molecule has 0 saturated carbocycles. The topological polar surface area (TPSA) is 70.6 Å². The molecule has 5 nitrogen and oxygen atoms in total. The maximum atomic E-state index is 12.3. The van der Waals surface area contributed by atoms with Crippen molar-refractivity contribution in [1.82, 2.24) is 5.32 Å². The Hall–Kier alpha value is -2.60. The summed E-state index contributed by atoms with van der Waals surface area (Å²) in [4.78, 5) is 28.9. The summed E-state index contributed by atoms with van der Waals surface area (Å²) >= 11 is 1.33. The quantitative estimate of drug-likeness (QED) is 0.805. The second-order valence-electron chi connectivity index (χ2n) is 6.59. The first-order chi connectivity index (χ1) is 13.0. The number of aliphatic imine (C=N–C) groups is 1. The van der Waals surface area contributed by atoms with Crippen LogP contribution in [0.1, 0.15) is 23.1 Å². The van der Waals surface area contributed by atoms with Gasteiger partial charge in [0.2, 0.25) is 11.8 Å². The van der Waals surface area contributed by atoms with Crippen molar-refractivity contribution in [3.63, 3.8) is 0 Å². The summed E-state index contributed by atoms with van der Waals surface area (Å²) in [5, 5.41) is 5.84. The van der Waals surface area contributed by atoms with E-state index in [4.69, 9.17) is 0 Å². The number of aryl methyl sites for hydroxylation is 2. The molecule has 1 atom stereocenters. The molecule has 140 valence electrons. The summed E-state index contributed by atoms with van der Waals surface area (Å²) in [6, 6.07) is 16.0. The van der Waals surface area contributed by atoms with E-state index in [2.05, 4.69) is 27.8 Å². The van der Waals surface area contributed by atoms with Crippen LogP contribution in [0.4, 0.5) is 5.69 Å². The predicted octanol–water partition coefficient (Wildman–Crippen LogP) is 3.46. The summed E-state index contributed by atoms with van der Waals surface area (Å²) in [7, 11) is 0. The van der Waals surface area contributed by atoms with E-state index in [0.29, 0.717) is 11.7 Å². The van der Waals surface area contributed by atoms with Gasteiger partial charge in [-0.25, -0.2) is 0 Å². The maximum Gasteiger partial charge on any atom is 0.240 e. The van der Waals surface area contributed by atoms with Crippen molar-refractivity contribution in [2.75, 3.05) is 11.9 Å². The van der Waals surface area contributed by atoms with Crippen LogP contribution in [0.25, 0.3) is 0 Å². The van der Waals surface area contributed by atoms with Crippen LogP contribution in [-0.4, -0.2) is 28.8 Å². The van der Waals surface area contributed by atoms with Crippen LogP contribution in [0.3, 0.4) is 0 Å². The fourth-order valence-electron chi connectivity index (χ4n) is 2.79. The first kappa shape index (κ1) is 19.2. The van der Waals surface area contributed by atoms with Gasteiger partial charge in [-0.3, -0.25) is 14.6 Å². The largest absolute Gasteiger partial charge is 0.326 e. The summed E-state index contributed by atoms with van der Waals surface area (Å²) in [5.74, 6) is -0.323. The zero-order chi connectivity index (χ0) is 19.2. The Kier molecular flexibility index (Phi) is 6.29. The van der Waals surface area contributed by atoms with E-state index in [0.717, 1.165) is 23.2 Å². The van der Waals surface area contributed by atoms with E-state index < -0.39 is 5.25 Å². The van der Waals surface area contributed by atoms with Crippen molar-refractivity contribution in [2.24, 2.45) is 4.99 Å². The lowest BCUT2D eigenvalue weighted by molar-refractivity contribution is -0.122. The molecule has 0 unspecified atom stereocenters. The SMILES string of the molecule is Cc1ccc(C)c(NC(=O)C[C@H]2SC(=NCCc3ccccc3)NC2=O)c1. The van der Waals surface area contributed by atoms with Gasteiger partial charge in [0.25, 0.3) is 0 Å². The van der Waals surface area contributed by atoms with Crippen molar-refractivity contribution >= 4 is 34.4 Å². The molecule has 0 aromatic heterocycles. The first-order valence-corrected chi connectivity index (χ1v) is 9.82. The lowest BCUT2D eigenvalue weighted by Crippen LogP contribution is -2.28. The van der Waals surface area contributed by atoms with Crippen molar-refractivity contribution in [3.05, 3.63) is 65.2 Å². The number of hydrogen-bond donors (Lipinski definition) is 2. The molecule has 2 aromatic rings. The van der Waals surface area contributed by atoms with Gasteiger partial charge < -0.3 is 10.6 Å². The van der Waals surface area contributed by atoms with Crippen LogP contribution in [0.15, 0.2) is 53.5 Å². The van der Waals surface area contributed by atoms with Crippen LogP contribution in [0.2, 0.25) is 0 Å². The molecule has 1 aliphatic rings. The third-order valence-electron chi connectivity index (χ3n) is 4.31. The number of amidine groups is 1. The summed E-state index contributed by atoms with van der Waals surface area (Å²) in [5.41, 5.74) is 4.08. The van der Waals surface area contributed by atoms with Crippen molar-refractivity contribution < 1.29 is 9.59 Å². The summed E-state index contributed by atoms with van der Waals surface area (Å²) in [6.45, 7) is 4.53. The van der Waals surface area contributed by atoms with E-state index in [9.17, 15) is 9.59 Å². The van der Waals surface area contributed by atoms with Crippen molar-refractivity contribution in [1.29, 1.82) is 0 Å². The lowest BCUT2D eigenvalue weighted by Gasteiger charge is -2.10. The smallest absolute Gasteiger partial charge is 0.240 e. The molecule has 2 amide bonds. The average molecular weight is 382 g/mol. The van der Waals surface area contributed by atoms with Crippen molar-refractivity contribution in [2.45, 2.75) is 31.9 Å². The Labute approximate surface area is 163 Å². The van der Waals surface area contributed by atoms with Crippen LogP contribution < -0.4 is 10.6 Å². The molecule has 1 saturated heterocycles. The maximum absolute atomic E-state index is 12.3. The Morgan fingerprint density at radius 2 is 1.96 bits per heavy atom. The molecule has 1 fully saturated rings. The molecule has 27 heavy (non-hydrogen) atoms. The molecule has 0 aliphatic carbocycles. The molecule has 2 aromatic carbocycles. The van der Waals surface area contributed by atoms with Crippen LogP contribution in [0, 0.1) is 13.8 Å². The molecule has 2 N–H and O–H groups in total. The Morgan fingerprint density at radius 3 is 2.74 bits per heavy atom. The Bertz CT molecular complexity index is 865. The lowest BCUT2D eigenvalue weighted by atomic mass is 10.1. The highest BCUT2D eigenvalue weighted by atomic mass is 32.2. The number of benzene rings is 2. The second kappa shape index (κ2) is 8.86. The van der Waals surface area contributed by atoms with E-state index in [1.807, 2.05) is 50.2 Å². The minimum atomic E-state index is -0.439. The van der Waals surface area contributed by atoms with Gasteiger partial charge >= 0.3 is 0 Å². The number of carbonyl (C=O) groups is 2. The molecular weight excluding hydrogens is 358 g/mol. The van der Waals surface area contributed by atoms with E-state index in [1.54, 1.807) is 0 Å². The van der Waals surface area contributed by atoms with Gasteiger partial charge in [0.15, 0.2) is 5.17 Å². The molecular formula is C21H23N3O2S. The highest BCUT2D eigenvalue weighted by Crippen LogP contribution is 2.24. The number of nitrogens with zero attached hydrogens (tertiary/aromatic N) is 1. The van der Waals surface area contributed by atoms with Gasteiger partial charge in [0.1, 0.15) is 5.25 Å². The van der Waals surface area contributed by atoms with Gasteiger partial charge in [-0.2, -0.15) is 0 Å². The van der Waals surface area contributed by atoms with Crippen molar-refractivity contribution in [3.8, 4) is 0 Å². The molecule has 3 rings (SSSR count). The van der Waals surface area contributed by atoms with Gasteiger partial charge in [0.05, 0.1) is 0 Å². The minimum absolute atomic E-state index is 0.127. The van der Waals surface area contributed by atoms with Crippen LogP contribution >= 0.6 is 11.8 Å². The molecule has 1 aliphatic heterocycles. The van der Waals surface area contributed by atoms with Gasteiger partial charge in [0, 0.05) is 18.7 Å². The first-order valence-electron chi connectivity index (χ1n) is 8.94. The predicted molar refractivity (Wildman–Crippen MR) is 111 cm³/mol. The zero-order valence-electron chi connectivity index (χ0n) is 15.5. The zero-order valence-corrected chi connectivity index (χ0v) is 16.3. The fourth-order valence-corrected chi connectivity index (χ4v) is 3.78. The summed E-state index contributed by atoms with van der Waals surface area (Å²) in [6.07, 6.45) is 0.945. The standard InChI is InChI=1S/C21H23N3O2S/c1-14-8-9-15(2)17(12-14)23-19(25)13-18-20(26)24-21(27-18)22-11-10-16-6-4-3-5-7-16/h3-9,12,18H,10-11,13H2,1-2H3,(H,23,25)(H,22,24,26)/t18-/m1/s1. The second-order valence-corrected chi connectivity index (χ2v) is 7.78. The third kappa shape index (κ3) is 5.44. The number of hydrogen-bond acceptors (Lipinski definition) is 4. The molecule has 0 spiro atoms. The van der Waals surface area contributed by atoms with E-state index in [-0.39, 0.29) is 18.2 Å². The minimum Gasteiger partial charge on any atom is -0.326 e. The summed E-state index contributed by atoms with van der Waals surface area (Å²) < 4.78 is 0. The van der Waals surface area contributed by atoms with Crippen LogP contribution in [-0.2, 0) is 16.0 Å². The van der Waals surface area contributed by atoms with Gasteiger partial charge in [-0.15, -0.1) is 0 Å². The van der Waals surface area contributed by atoms with Crippen LogP contribution in [0.5, 0.6) is 0 Å². The third-order valence-corrected chi connectivity index (χ3v) is 5.43. The number of amides is 2. The Morgan fingerprint density at radius 1 is 1.19 bits per heavy atom. The van der Waals surface area contributed by atoms with Gasteiger partial charge in [-0.1, -0.05) is 54.2 Å². The van der Waals surface area contributed by atoms with E-state index in [1.165, 1.54) is 17.3 Å². The average Bonchev–Trinajstić information content (AvgIpc) is 2.98. The highest BCUT2D eigenvalue weighted by Gasteiger charge is 2.32. The molecule has 1 heterocycles. The normalized spacial score (nSPS) is 17.8. The fraction of sp³-hybridized carbons (Fsp3) is 0.286. The number of carbonyl (C=O) groups excluding carboxylic acids is 2. The number of rotatable bonds is 6. The Balaban J connectivity index is 1.52. The number of nitrogens with one attached hydrogen (secondary N) is 2. The number of thioether (sulfide) groups is 1. The molecule has 0 radical (unpaired) electrons. The molecule has 0 bridgehead atoms. The van der Waals surface area contributed by atoms with Gasteiger partial charge in [-0.05, 0) is 43.0 Å². The molecule has 6 heteroatoms. The monoisotopic (exact) mass is 381 g/mol. The van der Waals surface area contributed by atoms with E-state index >= 15 is 0 Å².